The number of hydrogen-bond acceptors (Lipinski definition) is 2. The molecule has 0 aliphatic carbocycles. The van der Waals surface area contributed by atoms with Gasteiger partial charge in [0.05, 0.1) is 0 Å². The average molecular weight is 341 g/mol. The standard InChI is InChI=1S/C17H13BrN2O/c1-11-3-2-4-16(19-11)20-17(21)14-6-5-13-10-15(18)8-7-12(13)9-14/h2-10H,1H3,(H,19,20,21). The minimum atomic E-state index is -0.155. The Morgan fingerprint density at radius 3 is 2.62 bits per heavy atom. The zero-order valence-corrected chi connectivity index (χ0v) is 13.0. The molecule has 0 atom stereocenters. The predicted octanol–water partition coefficient (Wildman–Crippen LogP) is 4.56. The normalized spacial score (nSPS) is 10.6. The van der Waals surface area contributed by atoms with Crippen molar-refractivity contribution >= 4 is 38.4 Å². The number of aromatic nitrogens is 1. The van der Waals surface area contributed by atoms with Crippen molar-refractivity contribution in [1.29, 1.82) is 0 Å². The maximum atomic E-state index is 12.3. The van der Waals surface area contributed by atoms with Crippen LogP contribution in [0.15, 0.2) is 59.1 Å². The Kier molecular flexibility index (Phi) is 3.71. The highest BCUT2D eigenvalue weighted by molar-refractivity contribution is 9.10. The molecule has 0 fully saturated rings. The smallest absolute Gasteiger partial charge is 0.256 e. The van der Waals surface area contributed by atoms with Gasteiger partial charge in [-0.2, -0.15) is 0 Å². The molecule has 2 aromatic carbocycles. The quantitative estimate of drug-likeness (QED) is 0.743. The summed E-state index contributed by atoms with van der Waals surface area (Å²) in [6.07, 6.45) is 0. The number of pyridine rings is 1. The van der Waals surface area contributed by atoms with Gasteiger partial charge in [-0.05, 0) is 54.1 Å². The fourth-order valence-corrected chi connectivity index (χ4v) is 2.54. The number of benzene rings is 2. The van der Waals surface area contributed by atoms with E-state index in [1.54, 1.807) is 6.07 Å². The Morgan fingerprint density at radius 1 is 1.05 bits per heavy atom. The molecule has 0 saturated heterocycles. The van der Waals surface area contributed by atoms with Gasteiger partial charge in [0, 0.05) is 15.7 Å². The van der Waals surface area contributed by atoms with Crippen LogP contribution >= 0.6 is 15.9 Å². The molecule has 104 valence electrons. The van der Waals surface area contributed by atoms with E-state index in [-0.39, 0.29) is 5.91 Å². The Hall–Kier alpha value is -2.20. The molecule has 0 spiro atoms. The second-order valence-corrected chi connectivity index (χ2v) is 5.74. The summed E-state index contributed by atoms with van der Waals surface area (Å²) in [5, 5.41) is 4.94. The third-order valence-corrected chi connectivity index (χ3v) is 3.69. The number of anilines is 1. The zero-order valence-electron chi connectivity index (χ0n) is 11.4. The van der Waals surface area contributed by atoms with E-state index in [0.29, 0.717) is 11.4 Å². The summed E-state index contributed by atoms with van der Waals surface area (Å²) in [6.45, 7) is 1.89. The molecule has 1 amide bonds. The molecular formula is C17H13BrN2O. The van der Waals surface area contributed by atoms with E-state index < -0.39 is 0 Å². The van der Waals surface area contributed by atoms with E-state index >= 15 is 0 Å². The number of rotatable bonds is 2. The minimum absolute atomic E-state index is 0.155. The molecule has 1 aromatic heterocycles. The summed E-state index contributed by atoms with van der Waals surface area (Å²) >= 11 is 3.44. The highest BCUT2D eigenvalue weighted by atomic mass is 79.9. The molecule has 21 heavy (non-hydrogen) atoms. The molecule has 4 heteroatoms. The number of nitrogens with zero attached hydrogens (tertiary/aromatic N) is 1. The van der Waals surface area contributed by atoms with E-state index in [0.717, 1.165) is 20.9 Å². The first kappa shape index (κ1) is 13.8. The molecule has 1 N–H and O–H groups in total. The fraction of sp³-hybridized carbons (Fsp3) is 0.0588. The van der Waals surface area contributed by atoms with Gasteiger partial charge in [0.1, 0.15) is 5.82 Å². The summed E-state index contributed by atoms with van der Waals surface area (Å²) in [7, 11) is 0. The van der Waals surface area contributed by atoms with E-state index in [9.17, 15) is 4.79 Å². The molecule has 0 aliphatic rings. The number of carbonyl (C=O) groups is 1. The third-order valence-electron chi connectivity index (χ3n) is 3.19. The number of amides is 1. The van der Waals surface area contributed by atoms with Crippen molar-refractivity contribution in [2.45, 2.75) is 6.92 Å². The van der Waals surface area contributed by atoms with Gasteiger partial charge < -0.3 is 5.32 Å². The molecule has 0 aliphatic heterocycles. The zero-order chi connectivity index (χ0) is 14.8. The molecule has 0 saturated carbocycles. The monoisotopic (exact) mass is 340 g/mol. The van der Waals surface area contributed by atoms with Crippen LogP contribution < -0.4 is 5.32 Å². The van der Waals surface area contributed by atoms with Crippen LogP contribution in [0.4, 0.5) is 5.82 Å². The van der Waals surface area contributed by atoms with Crippen LogP contribution in [0.3, 0.4) is 0 Å². The summed E-state index contributed by atoms with van der Waals surface area (Å²) in [4.78, 5) is 16.6. The lowest BCUT2D eigenvalue weighted by Crippen LogP contribution is -2.13. The first-order chi connectivity index (χ1) is 10.1. The van der Waals surface area contributed by atoms with Crippen LogP contribution in [0.1, 0.15) is 16.1 Å². The first-order valence-corrected chi connectivity index (χ1v) is 7.35. The van der Waals surface area contributed by atoms with E-state index in [1.165, 1.54) is 0 Å². The Balaban J connectivity index is 1.89. The van der Waals surface area contributed by atoms with E-state index in [1.807, 2.05) is 55.5 Å². The minimum Gasteiger partial charge on any atom is -0.307 e. The van der Waals surface area contributed by atoms with Crippen LogP contribution in [0.2, 0.25) is 0 Å². The predicted molar refractivity (Wildman–Crippen MR) is 88.6 cm³/mol. The van der Waals surface area contributed by atoms with Crippen molar-refractivity contribution in [3.8, 4) is 0 Å². The van der Waals surface area contributed by atoms with Crippen molar-refractivity contribution in [2.75, 3.05) is 5.32 Å². The molecule has 3 rings (SSSR count). The summed E-state index contributed by atoms with van der Waals surface area (Å²) < 4.78 is 1.02. The molecule has 3 aromatic rings. The number of fused-ring (bicyclic) bond motifs is 1. The fourth-order valence-electron chi connectivity index (χ4n) is 2.16. The lowest BCUT2D eigenvalue weighted by Gasteiger charge is -2.06. The molecule has 3 nitrogen and oxygen atoms in total. The van der Waals surface area contributed by atoms with Crippen molar-refractivity contribution in [3.63, 3.8) is 0 Å². The van der Waals surface area contributed by atoms with Crippen molar-refractivity contribution in [1.82, 2.24) is 4.98 Å². The van der Waals surface area contributed by atoms with E-state index in [2.05, 4.69) is 26.2 Å². The van der Waals surface area contributed by atoms with Crippen molar-refractivity contribution in [3.05, 3.63) is 70.3 Å². The molecule has 0 radical (unpaired) electrons. The van der Waals surface area contributed by atoms with Gasteiger partial charge in [0.15, 0.2) is 0 Å². The molecule has 1 heterocycles. The van der Waals surface area contributed by atoms with Gasteiger partial charge in [-0.3, -0.25) is 4.79 Å². The lowest BCUT2D eigenvalue weighted by atomic mass is 10.1. The SMILES string of the molecule is Cc1cccc(NC(=O)c2ccc3cc(Br)ccc3c2)n1. The number of carbonyl (C=O) groups excluding carboxylic acids is 1. The van der Waals surface area contributed by atoms with Gasteiger partial charge in [0.2, 0.25) is 0 Å². The van der Waals surface area contributed by atoms with Gasteiger partial charge in [-0.1, -0.05) is 34.1 Å². The second-order valence-electron chi connectivity index (χ2n) is 4.82. The lowest BCUT2D eigenvalue weighted by molar-refractivity contribution is 0.102. The number of nitrogens with one attached hydrogen (secondary N) is 1. The summed E-state index contributed by atoms with van der Waals surface area (Å²) in [6, 6.07) is 17.2. The Morgan fingerprint density at radius 2 is 1.81 bits per heavy atom. The first-order valence-electron chi connectivity index (χ1n) is 6.56. The van der Waals surface area contributed by atoms with Crippen molar-refractivity contribution in [2.24, 2.45) is 0 Å². The topological polar surface area (TPSA) is 42.0 Å². The van der Waals surface area contributed by atoms with Crippen LogP contribution in [0.5, 0.6) is 0 Å². The average Bonchev–Trinajstić information content (AvgIpc) is 2.46. The van der Waals surface area contributed by atoms with Gasteiger partial charge in [-0.25, -0.2) is 4.98 Å². The van der Waals surface area contributed by atoms with Crippen LogP contribution in [-0.2, 0) is 0 Å². The van der Waals surface area contributed by atoms with Gasteiger partial charge in [0.25, 0.3) is 5.91 Å². The summed E-state index contributed by atoms with van der Waals surface area (Å²) in [5.41, 5.74) is 1.49. The van der Waals surface area contributed by atoms with Crippen LogP contribution in [0.25, 0.3) is 10.8 Å². The Labute approximate surface area is 131 Å². The maximum absolute atomic E-state index is 12.3. The maximum Gasteiger partial charge on any atom is 0.256 e. The number of halogens is 1. The van der Waals surface area contributed by atoms with Gasteiger partial charge >= 0.3 is 0 Å². The second kappa shape index (κ2) is 5.66. The highest BCUT2D eigenvalue weighted by Crippen LogP contribution is 2.21. The number of aryl methyl sites for hydroxylation is 1. The number of hydrogen-bond donors (Lipinski definition) is 1. The largest absolute Gasteiger partial charge is 0.307 e. The molecular weight excluding hydrogens is 328 g/mol. The highest BCUT2D eigenvalue weighted by Gasteiger charge is 2.08. The van der Waals surface area contributed by atoms with Crippen LogP contribution in [-0.4, -0.2) is 10.9 Å². The third kappa shape index (κ3) is 3.11. The molecule has 0 unspecified atom stereocenters. The summed E-state index contributed by atoms with van der Waals surface area (Å²) in [5.74, 6) is 0.411. The van der Waals surface area contributed by atoms with Gasteiger partial charge in [-0.15, -0.1) is 0 Å². The van der Waals surface area contributed by atoms with Crippen LogP contribution in [0, 0.1) is 6.92 Å². The van der Waals surface area contributed by atoms with E-state index in [4.69, 9.17) is 0 Å². The Bertz CT molecular complexity index is 830. The van der Waals surface area contributed by atoms with Crippen molar-refractivity contribution < 1.29 is 4.79 Å². The molecule has 0 bridgehead atoms.